The summed E-state index contributed by atoms with van der Waals surface area (Å²) >= 11 is 0. The maximum Gasteiger partial charge on any atom is 0.309 e. The SMILES string of the molecule is C=C(C)CC(=C)OCC(COC)(COC(=O)CC(=C)C)COC(=O)CC(=C)C. The summed E-state index contributed by atoms with van der Waals surface area (Å²) in [6, 6.07) is 0. The van der Waals surface area contributed by atoms with Crippen molar-refractivity contribution < 1.29 is 28.5 Å². The van der Waals surface area contributed by atoms with Gasteiger partial charge in [-0.25, -0.2) is 0 Å². The number of hydrogen-bond donors (Lipinski definition) is 0. The molecule has 0 saturated carbocycles. The van der Waals surface area contributed by atoms with Gasteiger partial charge in [0.15, 0.2) is 0 Å². The minimum absolute atomic E-state index is 0.0341. The molecule has 0 aromatic heterocycles. The smallest absolute Gasteiger partial charge is 0.309 e. The molecule has 0 saturated heterocycles. The third kappa shape index (κ3) is 12.1. The maximum atomic E-state index is 12.0. The van der Waals surface area contributed by atoms with Crippen molar-refractivity contribution in [2.24, 2.45) is 5.41 Å². The van der Waals surface area contributed by atoms with Gasteiger partial charge in [0.05, 0.1) is 30.6 Å². The van der Waals surface area contributed by atoms with E-state index in [4.69, 9.17) is 18.9 Å². The van der Waals surface area contributed by atoms with E-state index in [2.05, 4.69) is 26.3 Å². The molecule has 0 radical (unpaired) electrons. The van der Waals surface area contributed by atoms with Crippen LogP contribution in [0.5, 0.6) is 0 Å². The molecule has 0 fully saturated rings. The molecule has 0 bridgehead atoms. The van der Waals surface area contributed by atoms with E-state index in [1.165, 1.54) is 7.11 Å². The molecular formula is C22H34O6. The van der Waals surface area contributed by atoms with Gasteiger partial charge in [0.25, 0.3) is 0 Å². The Hall–Kier alpha value is -2.34. The summed E-state index contributed by atoms with van der Waals surface area (Å²) in [5.74, 6) is -0.307. The van der Waals surface area contributed by atoms with Gasteiger partial charge in [-0.15, -0.1) is 0 Å². The molecule has 0 unspecified atom stereocenters. The molecule has 0 heterocycles. The zero-order chi connectivity index (χ0) is 21.7. The molecule has 0 spiro atoms. The van der Waals surface area contributed by atoms with Gasteiger partial charge in [-0.2, -0.15) is 0 Å². The van der Waals surface area contributed by atoms with Gasteiger partial charge < -0.3 is 18.9 Å². The van der Waals surface area contributed by atoms with E-state index in [1.807, 2.05) is 6.92 Å². The number of esters is 2. The lowest BCUT2D eigenvalue weighted by Crippen LogP contribution is -2.42. The van der Waals surface area contributed by atoms with Crippen molar-refractivity contribution in [3.8, 4) is 0 Å². The first-order valence-electron chi connectivity index (χ1n) is 9.03. The minimum Gasteiger partial charge on any atom is -0.497 e. The number of carbonyl (C=O) groups is 2. The highest BCUT2D eigenvalue weighted by atomic mass is 16.6. The molecule has 6 heteroatoms. The van der Waals surface area contributed by atoms with Crippen LogP contribution in [0, 0.1) is 5.41 Å². The van der Waals surface area contributed by atoms with Gasteiger partial charge in [-0.1, -0.05) is 43.0 Å². The van der Waals surface area contributed by atoms with E-state index in [1.54, 1.807) is 13.8 Å². The lowest BCUT2D eigenvalue weighted by atomic mass is 9.92. The van der Waals surface area contributed by atoms with E-state index in [0.29, 0.717) is 23.3 Å². The van der Waals surface area contributed by atoms with Gasteiger partial charge in [-0.05, 0) is 20.8 Å². The Labute approximate surface area is 168 Å². The maximum absolute atomic E-state index is 12.0. The van der Waals surface area contributed by atoms with Crippen molar-refractivity contribution in [1.82, 2.24) is 0 Å². The monoisotopic (exact) mass is 394 g/mol. The molecule has 28 heavy (non-hydrogen) atoms. The van der Waals surface area contributed by atoms with E-state index < -0.39 is 17.4 Å². The molecule has 0 aliphatic rings. The summed E-state index contributed by atoms with van der Waals surface area (Å²) in [6.45, 7) is 20.7. The topological polar surface area (TPSA) is 71.1 Å². The Bertz CT molecular complexity index is 523. The summed E-state index contributed by atoms with van der Waals surface area (Å²) in [4.78, 5) is 23.9. The van der Waals surface area contributed by atoms with E-state index in [0.717, 1.165) is 5.57 Å². The largest absolute Gasteiger partial charge is 0.497 e. The second-order valence-electron chi connectivity index (χ2n) is 7.48. The van der Waals surface area contributed by atoms with E-state index in [-0.39, 0.29) is 39.3 Å². The van der Waals surface area contributed by atoms with E-state index >= 15 is 0 Å². The molecule has 0 aromatic rings. The highest BCUT2D eigenvalue weighted by molar-refractivity contribution is 5.72. The molecule has 158 valence electrons. The van der Waals surface area contributed by atoms with Crippen molar-refractivity contribution in [1.29, 1.82) is 0 Å². The molecule has 0 aliphatic heterocycles. The molecular weight excluding hydrogens is 360 g/mol. The fourth-order valence-corrected chi connectivity index (χ4v) is 2.26. The molecule has 0 amide bonds. The summed E-state index contributed by atoms with van der Waals surface area (Å²) in [5.41, 5.74) is 1.42. The molecule has 6 nitrogen and oxygen atoms in total. The number of ether oxygens (including phenoxy) is 4. The zero-order valence-corrected chi connectivity index (χ0v) is 17.7. The average Bonchev–Trinajstić information content (AvgIpc) is 2.54. The second-order valence-corrected chi connectivity index (χ2v) is 7.48. The lowest BCUT2D eigenvalue weighted by Gasteiger charge is -2.32. The average molecular weight is 395 g/mol. The van der Waals surface area contributed by atoms with Crippen LogP contribution in [0.2, 0.25) is 0 Å². The number of carbonyl (C=O) groups excluding carboxylic acids is 2. The van der Waals surface area contributed by atoms with Crippen LogP contribution >= 0.6 is 0 Å². The highest BCUT2D eigenvalue weighted by Gasteiger charge is 2.35. The second kappa shape index (κ2) is 12.9. The molecule has 0 aromatic carbocycles. The lowest BCUT2D eigenvalue weighted by molar-refractivity contribution is -0.159. The molecule has 0 N–H and O–H groups in total. The summed E-state index contributed by atoms with van der Waals surface area (Å²) < 4.78 is 21.8. The summed E-state index contributed by atoms with van der Waals surface area (Å²) in [6.07, 6.45) is 0.734. The highest BCUT2D eigenvalue weighted by Crippen LogP contribution is 2.24. The van der Waals surface area contributed by atoms with Crippen LogP contribution < -0.4 is 0 Å². The quantitative estimate of drug-likeness (QED) is 0.236. The van der Waals surface area contributed by atoms with Crippen LogP contribution in [-0.2, 0) is 28.5 Å². The van der Waals surface area contributed by atoms with Gasteiger partial charge in [0.2, 0.25) is 0 Å². The zero-order valence-electron chi connectivity index (χ0n) is 17.7. The van der Waals surface area contributed by atoms with Crippen LogP contribution in [0.4, 0.5) is 0 Å². The Kier molecular flexibility index (Phi) is 11.9. The minimum atomic E-state index is -0.873. The number of methoxy groups -OCH3 is 1. The van der Waals surface area contributed by atoms with E-state index in [9.17, 15) is 9.59 Å². The van der Waals surface area contributed by atoms with Crippen LogP contribution in [0.25, 0.3) is 0 Å². The standard InChI is InChI=1S/C22H34O6/c1-16(2)9-19(7)26-13-22(12-25-8,14-27-20(23)10-17(3)4)15-28-21(24)11-18(5)6/h1,3,5,7,9-15H2,2,4,6,8H3. The summed E-state index contributed by atoms with van der Waals surface area (Å²) in [5, 5.41) is 0. The predicted octanol–water partition coefficient (Wildman–Crippen LogP) is 4.13. The van der Waals surface area contributed by atoms with Crippen LogP contribution in [0.3, 0.4) is 0 Å². The fraction of sp³-hybridized carbons (Fsp3) is 0.545. The number of hydrogen-bond acceptors (Lipinski definition) is 6. The Balaban J connectivity index is 5.21. The normalized spacial score (nSPS) is 10.7. The molecule has 0 aliphatic carbocycles. The Morgan fingerprint density at radius 3 is 1.43 bits per heavy atom. The Morgan fingerprint density at radius 1 is 0.679 bits per heavy atom. The van der Waals surface area contributed by atoms with Crippen molar-refractivity contribution in [2.75, 3.05) is 33.5 Å². The molecule has 0 atom stereocenters. The Morgan fingerprint density at radius 2 is 1.07 bits per heavy atom. The number of rotatable bonds is 15. The van der Waals surface area contributed by atoms with Crippen molar-refractivity contribution in [2.45, 2.75) is 40.0 Å². The molecule has 0 rings (SSSR count). The first kappa shape index (κ1) is 25.7. The van der Waals surface area contributed by atoms with Gasteiger partial charge in [0.1, 0.15) is 19.8 Å². The van der Waals surface area contributed by atoms with Crippen molar-refractivity contribution in [3.63, 3.8) is 0 Å². The van der Waals surface area contributed by atoms with Crippen molar-refractivity contribution in [3.05, 3.63) is 48.8 Å². The van der Waals surface area contributed by atoms with Crippen molar-refractivity contribution >= 4 is 11.9 Å². The fourth-order valence-electron chi connectivity index (χ4n) is 2.26. The first-order valence-corrected chi connectivity index (χ1v) is 9.03. The van der Waals surface area contributed by atoms with Gasteiger partial charge in [-0.3, -0.25) is 9.59 Å². The van der Waals surface area contributed by atoms with Gasteiger partial charge >= 0.3 is 11.9 Å². The first-order chi connectivity index (χ1) is 13.0. The van der Waals surface area contributed by atoms with Crippen LogP contribution in [0.1, 0.15) is 40.0 Å². The third-order valence-corrected chi connectivity index (χ3v) is 3.50. The number of allylic oxidation sites excluding steroid dienone is 1. The third-order valence-electron chi connectivity index (χ3n) is 3.50. The van der Waals surface area contributed by atoms with Gasteiger partial charge in [0, 0.05) is 13.5 Å². The van der Waals surface area contributed by atoms with Crippen LogP contribution in [0.15, 0.2) is 48.8 Å². The van der Waals surface area contributed by atoms with Crippen LogP contribution in [-0.4, -0.2) is 45.5 Å². The summed E-state index contributed by atoms with van der Waals surface area (Å²) in [7, 11) is 1.52. The predicted molar refractivity (Wildman–Crippen MR) is 110 cm³/mol.